The van der Waals surface area contributed by atoms with Gasteiger partial charge in [0.1, 0.15) is 0 Å². The van der Waals surface area contributed by atoms with E-state index >= 15 is 0 Å². The van der Waals surface area contributed by atoms with E-state index in [4.69, 9.17) is 15.2 Å². The Labute approximate surface area is 116 Å². The molecule has 4 nitrogen and oxygen atoms in total. The summed E-state index contributed by atoms with van der Waals surface area (Å²) in [7, 11) is 3.47. The van der Waals surface area contributed by atoms with Gasteiger partial charge in [-0.2, -0.15) is 0 Å². The Hall–Kier alpha value is -1.10. The Morgan fingerprint density at radius 2 is 1.84 bits per heavy atom. The van der Waals surface area contributed by atoms with Gasteiger partial charge >= 0.3 is 0 Å². The molecule has 0 aliphatic carbocycles. The molecule has 1 aromatic carbocycles. The fourth-order valence-corrected chi connectivity index (χ4v) is 2.08. The van der Waals surface area contributed by atoms with Gasteiger partial charge in [0.15, 0.2) is 0 Å². The van der Waals surface area contributed by atoms with E-state index < -0.39 is 0 Å². The third-order valence-electron chi connectivity index (χ3n) is 3.25. The summed E-state index contributed by atoms with van der Waals surface area (Å²) in [6.45, 7) is 6.07. The second-order valence-electron chi connectivity index (χ2n) is 4.64. The molecule has 2 N–H and O–H groups in total. The molecular formula is C15H26N2O2. The van der Waals surface area contributed by atoms with Gasteiger partial charge in [0, 0.05) is 46.1 Å². The van der Waals surface area contributed by atoms with Crippen LogP contribution in [0.25, 0.3) is 0 Å². The normalized spacial score (nSPS) is 10.7. The van der Waals surface area contributed by atoms with Crippen LogP contribution in [0.15, 0.2) is 18.2 Å². The predicted octanol–water partition coefficient (Wildman–Crippen LogP) is 1.94. The SMILES string of the molecule is COCCCN(CCOC)c1ccc(CN)c(C)c1. The number of ether oxygens (including phenoxy) is 2. The number of methoxy groups -OCH3 is 2. The van der Waals surface area contributed by atoms with Gasteiger partial charge in [-0.3, -0.25) is 0 Å². The molecule has 0 saturated heterocycles. The lowest BCUT2D eigenvalue weighted by Gasteiger charge is -2.25. The van der Waals surface area contributed by atoms with Gasteiger partial charge in [0.05, 0.1) is 6.61 Å². The number of hydrogen-bond acceptors (Lipinski definition) is 4. The van der Waals surface area contributed by atoms with Crippen molar-refractivity contribution in [3.63, 3.8) is 0 Å². The molecule has 1 aromatic rings. The smallest absolute Gasteiger partial charge is 0.0637 e. The van der Waals surface area contributed by atoms with E-state index in [1.807, 2.05) is 0 Å². The predicted molar refractivity (Wildman–Crippen MR) is 79.7 cm³/mol. The minimum atomic E-state index is 0.591. The van der Waals surface area contributed by atoms with Crippen molar-refractivity contribution in [2.45, 2.75) is 19.9 Å². The molecule has 4 heteroatoms. The van der Waals surface area contributed by atoms with Crippen LogP contribution in [0.4, 0.5) is 5.69 Å². The zero-order valence-electron chi connectivity index (χ0n) is 12.3. The van der Waals surface area contributed by atoms with E-state index in [1.54, 1.807) is 14.2 Å². The van der Waals surface area contributed by atoms with Crippen LogP contribution in [0.5, 0.6) is 0 Å². The summed E-state index contributed by atoms with van der Waals surface area (Å²) in [5.41, 5.74) is 9.38. The molecule has 0 spiro atoms. The average molecular weight is 266 g/mol. The van der Waals surface area contributed by atoms with Crippen molar-refractivity contribution in [3.05, 3.63) is 29.3 Å². The van der Waals surface area contributed by atoms with Crippen LogP contribution in [-0.2, 0) is 16.0 Å². The Morgan fingerprint density at radius 1 is 1.11 bits per heavy atom. The monoisotopic (exact) mass is 266 g/mol. The van der Waals surface area contributed by atoms with Crippen LogP contribution in [-0.4, -0.2) is 40.5 Å². The molecule has 0 fully saturated rings. The van der Waals surface area contributed by atoms with Crippen molar-refractivity contribution in [1.29, 1.82) is 0 Å². The summed E-state index contributed by atoms with van der Waals surface area (Å²) in [6, 6.07) is 6.45. The second-order valence-corrected chi connectivity index (χ2v) is 4.64. The maximum atomic E-state index is 5.71. The van der Waals surface area contributed by atoms with Crippen LogP contribution in [0.1, 0.15) is 17.5 Å². The molecule has 0 radical (unpaired) electrons. The topological polar surface area (TPSA) is 47.7 Å². The highest BCUT2D eigenvalue weighted by Crippen LogP contribution is 2.19. The number of rotatable bonds is 9. The summed E-state index contributed by atoms with van der Waals surface area (Å²) in [6.07, 6.45) is 1.01. The summed E-state index contributed by atoms with van der Waals surface area (Å²) in [5.74, 6) is 0. The van der Waals surface area contributed by atoms with Crippen molar-refractivity contribution >= 4 is 5.69 Å². The average Bonchev–Trinajstić information content (AvgIpc) is 2.42. The van der Waals surface area contributed by atoms with Crippen molar-refractivity contribution in [3.8, 4) is 0 Å². The molecule has 0 bridgehead atoms. The van der Waals surface area contributed by atoms with E-state index in [2.05, 4.69) is 30.0 Å². The van der Waals surface area contributed by atoms with Crippen LogP contribution >= 0.6 is 0 Å². The minimum absolute atomic E-state index is 0.591. The van der Waals surface area contributed by atoms with E-state index in [9.17, 15) is 0 Å². The lowest BCUT2D eigenvalue weighted by Crippen LogP contribution is -2.29. The summed E-state index contributed by atoms with van der Waals surface area (Å²) in [5, 5.41) is 0. The molecule has 0 aliphatic heterocycles. The van der Waals surface area contributed by atoms with Crippen molar-refractivity contribution in [2.75, 3.05) is 45.4 Å². The lowest BCUT2D eigenvalue weighted by molar-refractivity contribution is 0.191. The Kier molecular flexibility index (Phi) is 7.48. The van der Waals surface area contributed by atoms with Gasteiger partial charge in [-0.1, -0.05) is 6.07 Å². The van der Waals surface area contributed by atoms with Crippen LogP contribution in [0.3, 0.4) is 0 Å². The van der Waals surface area contributed by atoms with Gasteiger partial charge in [-0.15, -0.1) is 0 Å². The van der Waals surface area contributed by atoms with Crippen LogP contribution < -0.4 is 10.6 Å². The number of aryl methyl sites for hydroxylation is 1. The maximum Gasteiger partial charge on any atom is 0.0637 e. The molecule has 0 atom stereocenters. The molecule has 108 valence electrons. The zero-order chi connectivity index (χ0) is 14.1. The van der Waals surface area contributed by atoms with Gasteiger partial charge in [-0.25, -0.2) is 0 Å². The number of nitrogens with two attached hydrogens (primary N) is 1. The van der Waals surface area contributed by atoms with Crippen molar-refractivity contribution < 1.29 is 9.47 Å². The van der Waals surface area contributed by atoms with Gasteiger partial charge in [0.25, 0.3) is 0 Å². The first-order chi connectivity index (χ1) is 9.22. The molecule has 0 aromatic heterocycles. The van der Waals surface area contributed by atoms with E-state index in [0.29, 0.717) is 6.54 Å². The molecule has 0 unspecified atom stereocenters. The highest BCUT2D eigenvalue weighted by molar-refractivity contribution is 5.50. The van der Waals surface area contributed by atoms with E-state index in [-0.39, 0.29) is 0 Å². The summed E-state index contributed by atoms with van der Waals surface area (Å²) in [4.78, 5) is 2.33. The highest BCUT2D eigenvalue weighted by atomic mass is 16.5. The third kappa shape index (κ3) is 5.19. The van der Waals surface area contributed by atoms with Crippen LogP contribution in [0, 0.1) is 6.92 Å². The molecule has 0 amide bonds. The molecule has 19 heavy (non-hydrogen) atoms. The van der Waals surface area contributed by atoms with Gasteiger partial charge in [-0.05, 0) is 36.6 Å². The fraction of sp³-hybridized carbons (Fsp3) is 0.600. The first-order valence-corrected chi connectivity index (χ1v) is 6.75. The summed E-state index contributed by atoms with van der Waals surface area (Å²) < 4.78 is 10.3. The van der Waals surface area contributed by atoms with E-state index in [0.717, 1.165) is 32.7 Å². The number of hydrogen-bond donors (Lipinski definition) is 1. The minimum Gasteiger partial charge on any atom is -0.385 e. The quantitative estimate of drug-likeness (QED) is 0.694. The Balaban J connectivity index is 2.74. The van der Waals surface area contributed by atoms with Gasteiger partial charge in [0.2, 0.25) is 0 Å². The van der Waals surface area contributed by atoms with Crippen molar-refractivity contribution in [1.82, 2.24) is 0 Å². The zero-order valence-corrected chi connectivity index (χ0v) is 12.3. The number of anilines is 1. The first kappa shape index (κ1) is 16.0. The van der Waals surface area contributed by atoms with Gasteiger partial charge < -0.3 is 20.1 Å². The molecule has 0 aliphatic rings. The van der Waals surface area contributed by atoms with E-state index in [1.165, 1.54) is 16.8 Å². The highest BCUT2D eigenvalue weighted by Gasteiger charge is 2.07. The molecular weight excluding hydrogens is 240 g/mol. The first-order valence-electron chi connectivity index (χ1n) is 6.75. The standard InChI is InChI=1S/C15H26N2O2/c1-13-11-15(6-5-14(13)12-16)17(8-10-19-3)7-4-9-18-2/h5-6,11H,4,7-10,12,16H2,1-3H3. The summed E-state index contributed by atoms with van der Waals surface area (Å²) >= 11 is 0. The lowest BCUT2D eigenvalue weighted by atomic mass is 10.1. The van der Waals surface area contributed by atoms with Crippen LogP contribution in [0.2, 0.25) is 0 Å². The Bertz CT molecular complexity index is 369. The fourth-order valence-electron chi connectivity index (χ4n) is 2.08. The second kappa shape index (κ2) is 8.91. The molecule has 0 heterocycles. The maximum absolute atomic E-state index is 5.71. The Morgan fingerprint density at radius 3 is 2.42 bits per heavy atom. The van der Waals surface area contributed by atoms with Crippen molar-refractivity contribution in [2.24, 2.45) is 5.73 Å². The molecule has 0 saturated carbocycles. The molecule has 1 rings (SSSR count). The number of nitrogens with zero attached hydrogens (tertiary/aromatic N) is 1. The largest absolute Gasteiger partial charge is 0.385 e. The number of benzene rings is 1. The third-order valence-corrected chi connectivity index (χ3v) is 3.25.